The van der Waals surface area contributed by atoms with Crippen molar-refractivity contribution in [1.82, 2.24) is 5.43 Å². The first-order valence-corrected chi connectivity index (χ1v) is 6.99. The van der Waals surface area contributed by atoms with Gasteiger partial charge in [-0.1, -0.05) is 18.2 Å². The first-order valence-electron chi connectivity index (χ1n) is 6.99. The molecule has 1 atom stereocenters. The first kappa shape index (κ1) is 13.8. The molecule has 0 radical (unpaired) electrons. The Morgan fingerprint density at radius 2 is 2.19 bits per heavy atom. The molecule has 110 valence electrons. The molecule has 6 heteroatoms. The molecule has 1 aromatic rings. The van der Waals surface area contributed by atoms with Gasteiger partial charge in [-0.05, 0) is 12.5 Å². The van der Waals surface area contributed by atoms with Crippen LogP contribution in [-0.2, 0) is 14.3 Å². The molecule has 2 heterocycles. The minimum atomic E-state index is -0.148. The fraction of sp³-hybridized carbons (Fsp3) is 0.400. The van der Waals surface area contributed by atoms with Crippen molar-refractivity contribution >= 4 is 23.2 Å². The summed E-state index contributed by atoms with van der Waals surface area (Å²) in [6.07, 6.45) is 1.45. The van der Waals surface area contributed by atoms with Gasteiger partial charge in [0.2, 0.25) is 5.91 Å². The molecule has 21 heavy (non-hydrogen) atoms. The van der Waals surface area contributed by atoms with E-state index in [0.29, 0.717) is 25.1 Å². The van der Waals surface area contributed by atoms with Gasteiger partial charge < -0.3 is 9.64 Å². The second-order valence-corrected chi connectivity index (χ2v) is 5.12. The van der Waals surface area contributed by atoms with Crippen LogP contribution >= 0.6 is 0 Å². The normalized spacial score (nSPS) is 21.4. The quantitative estimate of drug-likeness (QED) is 0.893. The minimum Gasteiger partial charge on any atom is -0.377 e. The van der Waals surface area contributed by atoms with Gasteiger partial charge in [0.1, 0.15) is 5.71 Å². The number of nitrogens with one attached hydrogen (secondary N) is 1. The predicted octanol–water partition coefficient (Wildman–Crippen LogP) is 1.38. The number of nitrogens with zero attached hydrogens (tertiary/aromatic N) is 2. The van der Waals surface area contributed by atoms with Crippen molar-refractivity contribution in [3.05, 3.63) is 29.8 Å². The zero-order chi connectivity index (χ0) is 14.8. The number of hydrogen-bond acceptors (Lipinski definition) is 4. The summed E-state index contributed by atoms with van der Waals surface area (Å²) in [6.45, 7) is 0.585. The second-order valence-electron chi connectivity index (χ2n) is 5.12. The summed E-state index contributed by atoms with van der Waals surface area (Å²) in [5, 5.41) is 3.89. The third-order valence-electron chi connectivity index (χ3n) is 3.87. The van der Waals surface area contributed by atoms with Crippen molar-refractivity contribution in [2.45, 2.75) is 25.4 Å². The van der Waals surface area contributed by atoms with Crippen LogP contribution in [0.5, 0.6) is 0 Å². The van der Waals surface area contributed by atoms with Gasteiger partial charge in [-0.25, -0.2) is 5.43 Å². The molecule has 1 unspecified atom stereocenters. The van der Waals surface area contributed by atoms with Crippen LogP contribution < -0.4 is 10.3 Å². The zero-order valence-corrected chi connectivity index (χ0v) is 11.8. The molecule has 6 nitrogen and oxygen atoms in total. The highest BCUT2D eigenvalue weighted by atomic mass is 16.5. The average Bonchev–Trinajstić information content (AvgIpc) is 2.54. The van der Waals surface area contributed by atoms with Crippen LogP contribution in [0.4, 0.5) is 5.69 Å². The van der Waals surface area contributed by atoms with Gasteiger partial charge in [0, 0.05) is 37.7 Å². The summed E-state index contributed by atoms with van der Waals surface area (Å²) in [7, 11) is 1.68. The number of ether oxygens (including phenoxy) is 1. The smallest absolute Gasteiger partial charge is 0.274 e. The van der Waals surface area contributed by atoms with Crippen molar-refractivity contribution < 1.29 is 14.3 Å². The van der Waals surface area contributed by atoms with Crippen LogP contribution in [0.3, 0.4) is 0 Å². The number of benzene rings is 1. The summed E-state index contributed by atoms with van der Waals surface area (Å²) in [6, 6.07) is 7.74. The summed E-state index contributed by atoms with van der Waals surface area (Å²) in [5.74, 6) is -0.290. The van der Waals surface area contributed by atoms with E-state index in [9.17, 15) is 9.59 Å². The molecule has 0 aliphatic carbocycles. The highest BCUT2D eigenvalue weighted by Crippen LogP contribution is 2.35. The Hall–Kier alpha value is -2.21. The van der Waals surface area contributed by atoms with Gasteiger partial charge in [0.15, 0.2) is 0 Å². The number of fused-ring (bicyclic) bond motifs is 1. The molecule has 0 aromatic heterocycles. The molecular formula is C15H17N3O3. The van der Waals surface area contributed by atoms with E-state index in [4.69, 9.17) is 4.74 Å². The highest BCUT2D eigenvalue weighted by molar-refractivity contribution is 6.44. The maximum absolute atomic E-state index is 12.6. The number of hydrogen-bond donors (Lipinski definition) is 1. The molecule has 2 amide bonds. The topological polar surface area (TPSA) is 71.0 Å². The summed E-state index contributed by atoms with van der Waals surface area (Å²) in [4.78, 5) is 25.5. The molecule has 0 saturated carbocycles. The fourth-order valence-electron chi connectivity index (χ4n) is 2.77. The Labute approximate surface area is 122 Å². The number of anilines is 1. The molecule has 2 aliphatic rings. The van der Waals surface area contributed by atoms with Crippen molar-refractivity contribution in [2.24, 2.45) is 5.10 Å². The van der Waals surface area contributed by atoms with E-state index >= 15 is 0 Å². The monoisotopic (exact) mass is 287 g/mol. The molecule has 1 aromatic carbocycles. The Kier molecular flexibility index (Phi) is 3.70. The molecule has 3 rings (SSSR count). The van der Waals surface area contributed by atoms with E-state index in [1.54, 1.807) is 12.0 Å². The lowest BCUT2D eigenvalue weighted by Gasteiger charge is -2.34. The lowest BCUT2D eigenvalue weighted by molar-refractivity contribution is -0.121. The van der Waals surface area contributed by atoms with Crippen LogP contribution in [0.25, 0.3) is 0 Å². The Balaban J connectivity index is 1.89. The van der Waals surface area contributed by atoms with E-state index in [1.165, 1.54) is 0 Å². The number of amides is 2. The van der Waals surface area contributed by atoms with Crippen LogP contribution in [-0.4, -0.2) is 31.2 Å². The van der Waals surface area contributed by atoms with Gasteiger partial charge in [0.05, 0.1) is 6.10 Å². The van der Waals surface area contributed by atoms with E-state index in [-0.39, 0.29) is 17.9 Å². The number of methoxy groups -OCH3 is 1. The van der Waals surface area contributed by atoms with Gasteiger partial charge in [0.25, 0.3) is 5.91 Å². The predicted molar refractivity (Wildman–Crippen MR) is 78.0 cm³/mol. The molecular weight excluding hydrogens is 270 g/mol. The maximum Gasteiger partial charge on any atom is 0.274 e. The number of rotatable bonds is 2. The highest BCUT2D eigenvalue weighted by Gasteiger charge is 2.31. The van der Waals surface area contributed by atoms with Crippen molar-refractivity contribution in [3.63, 3.8) is 0 Å². The van der Waals surface area contributed by atoms with Crippen LogP contribution in [0.2, 0.25) is 0 Å². The second kappa shape index (κ2) is 5.65. The summed E-state index contributed by atoms with van der Waals surface area (Å²) < 4.78 is 5.48. The Morgan fingerprint density at radius 1 is 1.38 bits per heavy atom. The standard InChI is InChI=1S/C15H17N3O3/c1-21-13-8-9-18(12-5-3-2-4-10(12)13)15(20)11-6-7-14(19)17-16-11/h2-5,13H,6-9H2,1H3,(H,17,19). The van der Waals surface area contributed by atoms with E-state index in [0.717, 1.165) is 17.7 Å². The van der Waals surface area contributed by atoms with E-state index in [2.05, 4.69) is 10.5 Å². The van der Waals surface area contributed by atoms with Crippen molar-refractivity contribution in [2.75, 3.05) is 18.6 Å². The third kappa shape index (κ3) is 2.54. The van der Waals surface area contributed by atoms with Crippen LogP contribution in [0, 0.1) is 0 Å². The number of carbonyl (C=O) groups is 2. The maximum atomic E-state index is 12.6. The molecule has 0 spiro atoms. The largest absolute Gasteiger partial charge is 0.377 e. The molecule has 0 fully saturated rings. The minimum absolute atomic E-state index is 0.0123. The van der Waals surface area contributed by atoms with Gasteiger partial charge >= 0.3 is 0 Å². The van der Waals surface area contributed by atoms with Gasteiger partial charge in [-0.2, -0.15) is 5.10 Å². The van der Waals surface area contributed by atoms with Gasteiger partial charge in [-0.15, -0.1) is 0 Å². The van der Waals surface area contributed by atoms with Crippen molar-refractivity contribution in [3.8, 4) is 0 Å². The molecule has 0 saturated heterocycles. The Morgan fingerprint density at radius 3 is 2.90 bits per heavy atom. The number of para-hydroxylation sites is 1. The number of hydrazone groups is 1. The van der Waals surface area contributed by atoms with E-state index < -0.39 is 0 Å². The SMILES string of the molecule is COC1CCN(C(=O)C2=NNC(=O)CC2)c2ccccc21. The van der Waals surface area contributed by atoms with E-state index in [1.807, 2.05) is 24.3 Å². The molecule has 1 N–H and O–H groups in total. The molecule has 0 bridgehead atoms. The summed E-state index contributed by atoms with van der Waals surface area (Å²) in [5.41, 5.74) is 4.65. The first-order chi connectivity index (χ1) is 10.2. The van der Waals surface area contributed by atoms with Crippen LogP contribution in [0.15, 0.2) is 29.4 Å². The third-order valence-corrected chi connectivity index (χ3v) is 3.87. The lowest BCUT2D eigenvalue weighted by Crippen LogP contribution is -2.43. The van der Waals surface area contributed by atoms with Gasteiger partial charge in [-0.3, -0.25) is 9.59 Å². The van der Waals surface area contributed by atoms with Crippen LogP contribution in [0.1, 0.15) is 30.9 Å². The fourth-order valence-corrected chi connectivity index (χ4v) is 2.77. The number of carbonyl (C=O) groups excluding carboxylic acids is 2. The average molecular weight is 287 g/mol. The lowest BCUT2D eigenvalue weighted by atomic mass is 9.98. The zero-order valence-electron chi connectivity index (χ0n) is 11.8. The Bertz CT molecular complexity index is 612. The van der Waals surface area contributed by atoms with Crippen molar-refractivity contribution in [1.29, 1.82) is 0 Å². The summed E-state index contributed by atoms with van der Waals surface area (Å²) >= 11 is 0. The molecule has 2 aliphatic heterocycles.